The molecule has 0 saturated carbocycles. The van der Waals surface area contributed by atoms with Crippen molar-refractivity contribution >= 4 is 27.7 Å². The molecular formula is C23H27BrN6O5. The Morgan fingerprint density at radius 1 is 1.20 bits per heavy atom. The molecule has 2 saturated heterocycles. The number of nitriles is 1. The number of aromatic amines is 1. The van der Waals surface area contributed by atoms with Gasteiger partial charge in [0.1, 0.15) is 28.6 Å². The Hall–Kier alpha value is -3.01. The maximum absolute atomic E-state index is 13.1. The molecule has 2 aliphatic rings. The zero-order chi connectivity index (χ0) is 24.8. The van der Waals surface area contributed by atoms with Gasteiger partial charge in [0.15, 0.2) is 5.75 Å². The highest BCUT2D eigenvalue weighted by Gasteiger charge is 2.38. The molecule has 35 heavy (non-hydrogen) atoms. The molecule has 12 heteroatoms. The number of nitrogens with one attached hydrogen (secondary N) is 1. The van der Waals surface area contributed by atoms with Crippen LogP contribution in [0.25, 0.3) is 0 Å². The second-order valence-corrected chi connectivity index (χ2v) is 9.24. The summed E-state index contributed by atoms with van der Waals surface area (Å²) in [6, 6.07) is 5.88. The van der Waals surface area contributed by atoms with E-state index in [0.717, 1.165) is 31.7 Å². The molecule has 0 aliphatic carbocycles. The monoisotopic (exact) mass is 546 g/mol. The maximum Gasteiger partial charge on any atom is 0.282 e. The third-order valence-corrected chi connectivity index (χ3v) is 6.94. The molecule has 0 aromatic carbocycles. The van der Waals surface area contributed by atoms with Crippen molar-refractivity contribution in [1.82, 2.24) is 20.1 Å². The van der Waals surface area contributed by atoms with E-state index in [9.17, 15) is 9.59 Å². The van der Waals surface area contributed by atoms with Crippen LogP contribution in [0.2, 0.25) is 0 Å². The van der Waals surface area contributed by atoms with Crippen molar-refractivity contribution in [3.05, 3.63) is 44.9 Å². The molecule has 1 N–H and O–H groups in total. The van der Waals surface area contributed by atoms with Gasteiger partial charge in [-0.2, -0.15) is 10.4 Å². The fourth-order valence-corrected chi connectivity index (χ4v) is 4.68. The van der Waals surface area contributed by atoms with Gasteiger partial charge in [0.25, 0.3) is 11.5 Å². The number of carbonyl (C=O) groups excluding carboxylic acids is 1. The van der Waals surface area contributed by atoms with Crippen LogP contribution >= 0.6 is 15.9 Å². The number of likely N-dealkylation sites (tertiary alicyclic amines) is 1. The molecule has 1 unspecified atom stereocenters. The highest BCUT2D eigenvalue weighted by molar-refractivity contribution is 9.10. The predicted molar refractivity (Wildman–Crippen MR) is 129 cm³/mol. The molecule has 2 aliphatic heterocycles. The molecule has 1 amide bonds. The van der Waals surface area contributed by atoms with E-state index in [1.54, 1.807) is 19.4 Å². The SMILES string of the molecule is COCC(CO[C@@H]1CCN(C2CCN(c3ccc(C#N)cn3)CC2)C1=O)Oc1cn[nH]c(=O)c1Br. The third-order valence-electron chi connectivity index (χ3n) is 6.19. The van der Waals surface area contributed by atoms with Crippen LogP contribution in [0.5, 0.6) is 5.75 Å². The lowest BCUT2D eigenvalue weighted by molar-refractivity contribution is -0.141. The molecule has 2 aromatic heterocycles. The quantitative estimate of drug-likeness (QED) is 0.496. The summed E-state index contributed by atoms with van der Waals surface area (Å²) >= 11 is 3.19. The first-order chi connectivity index (χ1) is 17.0. The number of aromatic nitrogens is 3. The van der Waals surface area contributed by atoms with Crippen LogP contribution in [0.15, 0.2) is 33.8 Å². The molecule has 4 rings (SSSR count). The number of rotatable bonds is 9. The normalized spacial score (nSPS) is 19.6. The Morgan fingerprint density at radius 2 is 2.00 bits per heavy atom. The molecule has 0 radical (unpaired) electrons. The molecule has 2 atom stereocenters. The predicted octanol–water partition coefficient (Wildman–Crippen LogP) is 1.48. The van der Waals surface area contributed by atoms with Crippen molar-refractivity contribution in [2.75, 3.05) is 44.9 Å². The molecule has 2 aromatic rings. The van der Waals surface area contributed by atoms with Gasteiger partial charge in [-0.05, 0) is 40.9 Å². The van der Waals surface area contributed by atoms with Gasteiger partial charge < -0.3 is 24.0 Å². The van der Waals surface area contributed by atoms with Crippen molar-refractivity contribution in [2.24, 2.45) is 0 Å². The first kappa shape index (κ1) is 25.1. The molecule has 186 valence electrons. The number of H-pyrrole nitrogens is 1. The van der Waals surface area contributed by atoms with Crippen molar-refractivity contribution in [3.8, 4) is 11.8 Å². The summed E-state index contributed by atoms with van der Waals surface area (Å²) in [6.45, 7) is 2.61. The zero-order valence-electron chi connectivity index (χ0n) is 19.4. The largest absolute Gasteiger partial charge is 0.483 e. The lowest BCUT2D eigenvalue weighted by Gasteiger charge is -2.37. The van der Waals surface area contributed by atoms with Gasteiger partial charge in [-0.3, -0.25) is 9.59 Å². The summed E-state index contributed by atoms with van der Waals surface area (Å²) in [7, 11) is 1.55. The Morgan fingerprint density at radius 3 is 2.69 bits per heavy atom. The minimum Gasteiger partial charge on any atom is -0.483 e. The van der Waals surface area contributed by atoms with Crippen LogP contribution in [0.3, 0.4) is 0 Å². The lowest BCUT2D eigenvalue weighted by atomic mass is 10.0. The van der Waals surface area contributed by atoms with Crippen molar-refractivity contribution in [3.63, 3.8) is 0 Å². The highest BCUT2D eigenvalue weighted by atomic mass is 79.9. The summed E-state index contributed by atoms with van der Waals surface area (Å²) in [5.74, 6) is 1.13. The van der Waals surface area contributed by atoms with Crippen molar-refractivity contribution < 1.29 is 19.0 Å². The van der Waals surface area contributed by atoms with Crippen molar-refractivity contribution in [1.29, 1.82) is 5.26 Å². The molecule has 4 heterocycles. The summed E-state index contributed by atoms with van der Waals surface area (Å²) in [5.41, 5.74) is 0.138. The number of piperidine rings is 1. The third kappa shape index (κ3) is 5.98. The summed E-state index contributed by atoms with van der Waals surface area (Å²) in [4.78, 5) is 33.3. The van der Waals surface area contributed by atoms with Crippen LogP contribution in [0, 0.1) is 11.3 Å². The smallest absolute Gasteiger partial charge is 0.282 e. The van der Waals surface area contributed by atoms with Gasteiger partial charge in [0.05, 0.1) is 25.0 Å². The number of amides is 1. The molecule has 0 bridgehead atoms. The lowest BCUT2D eigenvalue weighted by Crippen LogP contribution is -2.47. The second kappa shape index (κ2) is 11.6. The molecule has 2 fully saturated rings. The van der Waals surface area contributed by atoms with Crippen LogP contribution in [-0.4, -0.2) is 84.2 Å². The van der Waals surface area contributed by atoms with E-state index in [0.29, 0.717) is 18.5 Å². The van der Waals surface area contributed by atoms with E-state index in [4.69, 9.17) is 19.5 Å². The van der Waals surface area contributed by atoms with E-state index in [2.05, 4.69) is 42.1 Å². The highest BCUT2D eigenvalue weighted by Crippen LogP contribution is 2.26. The zero-order valence-corrected chi connectivity index (χ0v) is 20.9. The number of ether oxygens (including phenoxy) is 3. The topological polar surface area (TPSA) is 134 Å². The van der Waals surface area contributed by atoms with E-state index in [-0.39, 0.29) is 35.4 Å². The van der Waals surface area contributed by atoms with Gasteiger partial charge in [-0.1, -0.05) is 0 Å². The second-order valence-electron chi connectivity index (χ2n) is 8.45. The van der Waals surface area contributed by atoms with E-state index in [1.165, 1.54) is 6.20 Å². The van der Waals surface area contributed by atoms with Gasteiger partial charge in [-0.25, -0.2) is 10.1 Å². The molecule has 0 spiro atoms. The summed E-state index contributed by atoms with van der Waals surface area (Å²) < 4.78 is 17.2. The number of carbonyl (C=O) groups is 1. The first-order valence-corrected chi connectivity index (χ1v) is 12.2. The van der Waals surface area contributed by atoms with Gasteiger partial charge in [-0.15, -0.1) is 0 Å². The van der Waals surface area contributed by atoms with Crippen LogP contribution in [-0.2, 0) is 14.3 Å². The maximum atomic E-state index is 13.1. The number of hydrogen-bond donors (Lipinski definition) is 1. The average molecular weight is 547 g/mol. The van der Waals surface area contributed by atoms with E-state index < -0.39 is 17.8 Å². The first-order valence-electron chi connectivity index (χ1n) is 11.4. The number of nitrogens with zero attached hydrogens (tertiary/aromatic N) is 5. The van der Waals surface area contributed by atoms with Crippen LogP contribution in [0.1, 0.15) is 24.8 Å². The number of pyridine rings is 1. The minimum absolute atomic E-state index is 0.00452. The standard InChI is InChI=1S/C23H27BrN6O5/c1-33-13-17(35-19-12-27-28-22(31)21(19)24)14-34-18-6-9-30(23(18)32)16-4-7-29(8-5-16)20-3-2-15(10-25)11-26-20/h2-3,11-12,16-18H,4-9,13-14H2,1H3,(H,28,31)/t17?,18-/m1/s1. The van der Waals surface area contributed by atoms with Crippen molar-refractivity contribution in [2.45, 2.75) is 37.5 Å². The Bertz CT molecular complexity index is 1110. The van der Waals surface area contributed by atoms with E-state index in [1.807, 2.05) is 11.0 Å². The number of hydrogen-bond acceptors (Lipinski definition) is 9. The fourth-order valence-electron chi connectivity index (χ4n) is 4.39. The van der Waals surface area contributed by atoms with E-state index >= 15 is 0 Å². The van der Waals surface area contributed by atoms with Crippen LogP contribution < -0.4 is 15.2 Å². The van der Waals surface area contributed by atoms with Gasteiger partial charge in [0, 0.05) is 45.4 Å². The number of anilines is 1. The van der Waals surface area contributed by atoms with Gasteiger partial charge in [0.2, 0.25) is 0 Å². The fraction of sp³-hybridized carbons (Fsp3) is 0.522. The van der Waals surface area contributed by atoms with Crippen LogP contribution in [0.4, 0.5) is 5.82 Å². The number of methoxy groups -OCH3 is 1. The summed E-state index contributed by atoms with van der Waals surface area (Å²) in [5, 5.41) is 15.0. The number of halogens is 1. The Labute approximate surface area is 211 Å². The minimum atomic E-state index is -0.531. The van der Waals surface area contributed by atoms with Gasteiger partial charge >= 0.3 is 0 Å². The average Bonchev–Trinajstić information content (AvgIpc) is 3.25. The summed E-state index contributed by atoms with van der Waals surface area (Å²) in [6.07, 6.45) is 4.25. The molecular weight excluding hydrogens is 520 g/mol. The Balaban J connectivity index is 1.28. The Kier molecular flexibility index (Phi) is 8.33. The molecule has 11 nitrogen and oxygen atoms in total.